The first kappa shape index (κ1) is 5.74. The summed E-state index contributed by atoms with van der Waals surface area (Å²) >= 11 is 0. The maximum absolute atomic E-state index is 4.89. The molecule has 0 saturated carbocycles. The third-order valence-electron chi connectivity index (χ3n) is 1.44. The second kappa shape index (κ2) is 2.31. The molecule has 1 heterocycles. The van der Waals surface area contributed by atoms with Crippen molar-refractivity contribution in [3.05, 3.63) is 36.2 Å². The summed E-state index contributed by atoms with van der Waals surface area (Å²) in [6.07, 6.45) is 1.98. The molecule has 2 heteroatoms. The number of benzene rings is 1. The van der Waals surface area contributed by atoms with Crippen LogP contribution in [0.2, 0.25) is 0 Å². The Labute approximate surface area is 59.3 Å². The van der Waals surface area contributed by atoms with E-state index in [4.69, 9.17) is 9.78 Å². The predicted octanol–water partition coefficient (Wildman–Crippen LogP) is 1.56. The van der Waals surface area contributed by atoms with Crippen LogP contribution >= 0.6 is 0 Å². The van der Waals surface area contributed by atoms with Crippen molar-refractivity contribution in [1.82, 2.24) is 0 Å². The third kappa shape index (κ3) is 0.866. The maximum Gasteiger partial charge on any atom is 0.168 e. The number of para-hydroxylation sites is 1. The molecule has 51 valence electrons. The number of hydrogen-bond donors (Lipinski definition) is 0. The smallest absolute Gasteiger partial charge is 0.168 e. The first-order chi connectivity index (χ1) is 4.97. The Hall–Kier alpha value is -1.02. The van der Waals surface area contributed by atoms with Gasteiger partial charge in [0.05, 0.1) is 0 Å². The minimum absolute atomic E-state index is 0.539. The summed E-state index contributed by atoms with van der Waals surface area (Å²) in [4.78, 5) is 9.63. The van der Waals surface area contributed by atoms with Crippen LogP contribution in [0.4, 0.5) is 0 Å². The summed E-state index contributed by atoms with van der Waals surface area (Å²) in [5.74, 6) is 0.800. The topological polar surface area (TPSA) is 18.5 Å². The van der Waals surface area contributed by atoms with Crippen molar-refractivity contribution in [2.45, 2.75) is 0 Å². The molecule has 1 aliphatic heterocycles. The Bertz CT molecular complexity index is 207. The molecule has 0 fully saturated rings. The van der Waals surface area contributed by atoms with Crippen molar-refractivity contribution in [3.63, 3.8) is 0 Å². The SMILES string of the molecule is [CH]1COOc2ccccc21. The van der Waals surface area contributed by atoms with E-state index < -0.39 is 0 Å². The van der Waals surface area contributed by atoms with Gasteiger partial charge in [-0.25, -0.2) is 0 Å². The average Bonchev–Trinajstić information content (AvgIpc) is 2.05. The van der Waals surface area contributed by atoms with Crippen molar-refractivity contribution in [1.29, 1.82) is 0 Å². The Kier molecular flexibility index (Phi) is 1.32. The van der Waals surface area contributed by atoms with Crippen LogP contribution in [0.1, 0.15) is 5.56 Å². The van der Waals surface area contributed by atoms with Crippen LogP contribution in [0.25, 0.3) is 0 Å². The second-order valence-corrected chi connectivity index (χ2v) is 2.11. The van der Waals surface area contributed by atoms with Gasteiger partial charge in [0.1, 0.15) is 6.61 Å². The Morgan fingerprint density at radius 1 is 1.20 bits per heavy atom. The maximum atomic E-state index is 4.89. The lowest BCUT2D eigenvalue weighted by molar-refractivity contribution is -0.205. The van der Waals surface area contributed by atoms with Crippen LogP contribution in [0.3, 0.4) is 0 Å². The molecule has 1 aromatic carbocycles. The molecule has 1 aliphatic rings. The molecule has 0 N–H and O–H groups in total. The Morgan fingerprint density at radius 2 is 2.10 bits per heavy atom. The minimum Gasteiger partial charge on any atom is -0.337 e. The monoisotopic (exact) mass is 135 g/mol. The highest BCUT2D eigenvalue weighted by Gasteiger charge is 2.08. The molecule has 1 radical (unpaired) electrons. The summed E-state index contributed by atoms with van der Waals surface area (Å²) in [6, 6.07) is 7.77. The lowest BCUT2D eigenvalue weighted by Crippen LogP contribution is -2.08. The molecule has 0 atom stereocenters. The second-order valence-electron chi connectivity index (χ2n) is 2.11. The molecule has 0 saturated heterocycles. The summed E-state index contributed by atoms with van der Waals surface area (Å²) < 4.78 is 0. The van der Waals surface area contributed by atoms with Gasteiger partial charge in [-0.3, -0.25) is 0 Å². The number of rotatable bonds is 0. The molecule has 10 heavy (non-hydrogen) atoms. The quantitative estimate of drug-likeness (QED) is 0.502. The van der Waals surface area contributed by atoms with Gasteiger partial charge >= 0.3 is 0 Å². The van der Waals surface area contributed by atoms with Gasteiger partial charge in [0, 0.05) is 12.0 Å². The molecular formula is C8H7O2. The van der Waals surface area contributed by atoms with Gasteiger partial charge in [0.2, 0.25) is 0 Å². The van der Waals surface area contributed by atoms with E-state index in [1.165, 1.54) is 0 Å². The van der Waals surface area contributed by atoms with Gasteiger partial charge in [-0.05, 0) is 6.07 Å². The highest BCUT2D eigenvalue weighted by Crippen LogP contribution is 2.22. The first-order valence-corrected chi connectivity index (χ1v) is 3.18. The van der Waals surface area contributed by atoms with E-state index in [1.54, 1.807) is 0 Å². The van der Waals surface area contributed by atoms with Gasteiger partial charge in [-0.1, -0.05) is 18.2 Å². The van der Waals surface area contributed by atoms with E-state index in [0.29, 0.717) is 6.61 Å². The zero-order chi connectivity index (χ0) is 6.81. The molecule has 0 unspecified atom stereocenters. The Balaban J connectivity index is 2.41. The molecule has 2 rings (SSSR count). The van der Waals surface area contributed by atoms with E-state index in [1.807, 2.05) is 30.7 Å². The van der Waals surface area contributed by atoms with Crippen LogP contribution < -0.4 is 4.89 Å². The van der Waals surface area contributed by atoms with E-state index in [9.17, 15) is 0 Å². The zero-order valence-electron chi connectivity index (χ0n) is 5.41. The molecule has 0 bridgehead atoms. The lowest BCUT2D eigenvalue weighted by Gasteiger charge is -2.13. The van der Waals surface area contributed by atoms with Crippen molar-refractivity contribution in [2.24, 2.45) is 0 Å². The molecule has 0 aliphatic carbocycles. The van der Waals surface area contributed by atoms with Crippen molar-refractivity contribution in [2.75, 3.05) is 6.61 Å². The van der Waals surface area contributed by atoms with E-state index >= 15 is 0 Å². The van der Waals surface area contributed by atoms with E-state index in [-0.39, 0.29) is 0 Å². The van der Waals surface area contributed by atoms with Crippen LogP contribution in [-0.2, 0) is 4.89 Å². The summed E-state index contributed by atoms with van der Waals surface area (Å²) in [5, 5.41) is 0. The molecular weight excluding hydrogens is 128 g/mol. The molecule has 0 amide bonds. The summed E-state index contributed by atoms with van der Waals surface area (Å²) in [6.45, 7) is 0.539. The molecule has 2 nitrogen and oxygen atoms in total. The van der Waals surface area contributed by atoms with Gasteiger partial charge in [0.25, 0.3) is 0 Å². The molecule has 0 spiro atoms. The molecule has 0 aromatic heterocycles. The first-order valence-electron chi connectivity index (χ1n) is 3.18. The number of hydrogen-bond acceptors (Lipinski definition) is 2. The van der Waals surface area contributed by atoms with Crippen LogP contribution in [0.5, 0.6) is 5.75 Å². The highest BCUT2D eigenvalue weighted by molar-refractivity contribution is 5.38. The fourth-order valence-corrected chi connectivity index (χ4v) is 0.946. The third-order valence-corrected chi connectivity index (χ3v) is 1.44. The van der Waals surface area contributed by atoms with Crippen molar-refractivity contribution < 1.29 is 9.78 Å². The van der Waals surface area contributed by atoms with Crippen LogP contribution in [0.15, 0.2) is 24.3 Å². The highest BCUT2D eigenvalue weighted by atomic mass is 17.2. The van der Waals surface area contributed by atoms with E-state index in [2.05, 4.69) is 0 Å². The van der Waals surface area contributed by atoms with Crippen molar-refractivity contribution in [3.8, 4) is 5.75 Å². The van der Waals surface area contributed by atoms with Gasteiger partial charge in [-0.2, -0.15) is 4.89 Å². The summed E-state index contributed by atoms with van der Waals surface area (Å²) in [7, 11) is 0. The normalized spacial score (nSPS) is 15.6. The largest absolute Gasteiger partial charge is 0.337 e. The van der Waals surface area contributed by atoms with Gasteiger partial charge < -0.3 is 4.89 Å². The predicted molar refractivity (Wildman–Crippen MR) is 36.4 cm³/mol. The standard InChI is InChI=1S/C8H7O2/c1-2-4-8-7(3-1)5-6-9-10-8/h1-5H,6H2. The van der Waals surface area contributed by atoms with Crippen LogP contribution in [0, 0.1) is 6.42 Å². The van der Waals surface area contributed by atoms with Gasteiger partial charge in [0.15, 0.2) is 5.75 Å². The summed E-state index contributed by atoms with van der Waals surface area (Å²) in [5.41, 5.74) is 1.11. The van der Waals surface area contributed by atoms with Crippen molar-refractivity contribution >= 4 is 0 Å². The van der Waals surface area contributed by atoms with Crippen LogP contribution in [-0.4, -0.2) is 6.61 Å². The number of fused-ring (bicyclic) bond motifs is 1. The fourth-order valence-electron chi connectivity index (χ4n) is 0.946. The average molecular weight is 135 g/mol. The Morgan fingerprint density at radius 3 is 3.00 bits per heavy atom. The van der Waals surface area contributed by atoms with Gasteiger partial charge in [-0.15, -0.1) is 0 Å². The molecule has 1 aromatic rings. The minimum atomic E-state index is 0.539. The fraction of sp³-hybridized carbons (Fsp3) is 0.125. The zero-order valence-corrected chi connectivity index (χ0v) is 5.41. The lowest BCUT2D eigenvalue weighted by atomic mass is 10.1. The van der Waals surface area contributed by atoms with E-state index in [0.717, 1.165) is 11.3 Å².